The van der Waals surface area contributed by atoms with Gasteiger partial charge in [0.2, 0.25) is 0 Å². The van der Waals surface area contributed by atoms with Gasteiger partial charge in [0.15, 0.2) is 11.5 Å². The summed E-state index contributed by atoms with van der Waals surface area (Å²) in [6.07, 6.45) is 0. The Hall–Kier alpha value is -4.34. The van der Waals surface area contributed by atoms with Crippen molar-refractivity contribution in [2.45, 2.75) is 13.5 Å². The van der Waals surface area contributed by atoms with Gasteiger partial charge in [-0.05, 0) is 31.2 Å². The van der Waals surface area contributed by atoms with E-state index in [-0.39, 0.29) is 23.8 Å². The van der Waals surface area contributed by atoms with Gasteiger partial charge < -0.3 is 9.84 Å². The summed E-state index contributed by atoms with van der Waals surface area (Å²) in [6.45, 7) is 1.87. The number of nitro groups is 1. The molecule has 0 aliphatic carbocycles. The summed E-state index contributed by atoms with van der Waals surface area (Å²) >= 11 is 0. The van der Waals surface area contributed by atoms with Crippen LogP contribution in [-0.4, -0.2) is 31.0 Å². The minimum Gasteiger partial charge on any atom is -0.359 e. The van der Waals surface area contributed by atoms with Crippen molar-refractivity contribution in [3.8, 4) is 16.9 Å². The van der Waals surface area contributed by atoms with Gasteiger partial charge in [0.25, 0.3) is 11.6 Å². The molecule has 0 fully saturated rings. The van der Waals surface area contributed by atoms with E-state index in [0.29, 0.717) is 22.7 Å². The lowest BCUT2D eigenvalue weighted by molar-refractivity contribution is -0.384. The number of benzene rings is 2. The van der Waals surface area contributed by atoms with Gasteiger partial charge in [-0.15, -0.1) is 5.10 Å². The largest absolute Gasteiger partial charge is 0.359 e. The van der Waals surface area contributed by atoms with Crippen molar-refractivity contribution in [2.24, 2.45) is 0 Å². The first-order valence-corrected chi connectivity index (χ1v) is 8.99. The van der Waals surface area contributed by atoms with Crippen molar-refractivity contribution in [1.29, 1.82) is 0 Å². The molecule has 2 heterocycles. The highest BCUT2D eigenvalue weighted by molar-refractivity contribution is 5.93. The van der Waals surface area contributed by atoms with E-state index in [0.717, 1.165) is 5.69 Å². The van der Waals surface area contributed by atoms with Crippen LogP contribution in [0.3, 0.4) is 0 Å². The molecule has 1 N–H and O–H groups in total. The number of nitrogens with one attached hydrogen (secondary N) is 1. The molecule has 0 bridgehead atoms. The second-order valence-electron chi connectivity index (χ2n) is 6.44. The van der Waals surface area contributed by atoms with E-state index >= 15 is 0 Å². The Bertz CT molecular complexity index is 1200. The maximum atomic E-state index is 12.5. The average Bonchev–Trinajstić information content (AvgIpc) is 3.39. The molecular weight excluding hydrogens is 388 g/mol. The maximum Gasteiger partial charge on any atom is 0.274 e. The SMILES string of the molecule is Cc1c(C(=O)NCc2cc(-c3ccc([N+](=O)[O-])cc3)no2)nnn1-c1ccccc1. The van der Waals surface area contributed by atoms with Crippen LogP contribution in [0.5, 0.6) is 0 Å². The van der Waals surface area contributed by atoms with Crippen molar-refractivity contribution in [3.05, 3.63) is 87.9 Å². The number of hydrogen-bond acceptors (Lipinski definition) is 7. The average molecular weight is 404 g/mol. The molecular formula is C20H16N6O4. The third-order valence-electron chi connectivity index (χ3n) is 4.47. The van der Waals surface area contributed by atoms with Gasteiger partial charge >= 0.3 is 0 Å². The number of carbonyl (C=O) groups excluding carboxylic acids is 1. The van der Waals surface area contributed by atoms with Crippen molar-refractivity contribution >= 4 is 11.6 Å². The zero-order valence-electron chi connectivity index (χ0n) is 15.8. The molecule has 0 saturated carbocycles. The van der Waals surface area contributed by atoms with E-state index in [2.05, 4.69) is 20.8 Å². The first-order chi connectivity index (χ1) is 14.5. The third kappa shape index (κ3) is 3.78. The molecule has 0 atom stereocenters. The molecule has 0 radical (unpaired) electrons. The summed E-state index contributed by atoms with van der Waals surface area (Å²) in [5.74, 6) is 0.0489. The maximum absolute atomic E-state index is 12.5. The minimum atomic E-state index is -0.469. The van der Waals surface area contributed by atoms with Gasteiger partial charge in [0, 0.05) is 23.8 Å². The number of nitro benzene ring substituents is 1. The number of rotatable bonds is 6. The third-order valence-corrected chi connectivity index (χ3v) is 4.47. The van der Waals surface area contributed by atoms with Crippen molar-refractivity contribution in [2.75, 3.05) is 0 Å². The van der Waals surface area contributed by atoms with Crippen LogP contribution in [-0.2, 0) is 6.54 Å². The van der Waals surface area contributed by atoms with Crippen molar-refractivity contribution in [1.82, 2.24) is 25.5 Å². The molecule has 2 aromatic carbocycles. The number of non-ortho nitro benzene ring substituents is 1. The Morgan fingerprint density at radius 3 is 2.60 bits per heavy atom. The van der Waals surface area contributed by atoms with Crippen LogP contribution in [0, 0.1) is 17.0 Å². The van der Waals surface area contributed by atoms with Gasteiger partial charge in [-0.3, -0.25) is 14.9 Å². The van der Waals surface area contributed by atoms with E-state index in [9.17, 15) is 14.9 Å². The second-order valence-corrected chi connectivity index (χ2v) is 6.44. The van der Waals surface area contributed by atoms with Gasteiger partial charge in [-0.1, -0.05) is 28.6 Å². The minimum absolute atomic E-state index is 0.00588. The van der Waals surface area contributed by atoms with Gasteiger partial charge in [0.05, 0.1) is 22.8 Å². The summed E-state index contributed by atoms with van der Waals surface area (Å²) in [5, 5.41) is 25.4. The normalized spacial score (nSPS) is 10.7. The molecule has 10 nitrogen and oxygen atoms in total. The van der Waals surface area contributed by atoms with Crippen molar-refractivity contribution in [3.63, 3.8) is 0 Å². The lowest BCUT2D eigenvalue weighted by atomic mass is 10.1. The fraction of sp³-hybridized carbons (Fsp3) is 0.100. The zero-order chi connectivity index (χ0) is 21.1. The van der Waals surface area contributed by atoms with Crippen LogP contribution in [0.15, 0.2) is 65.2 Å². The highest BCUT2D eigenvalue weighted by Crippen LogP contribution is 2.22. The highest BCUT2D eigenvalue weighted by atomic mass is 16.6. The number of carbonyl (C=O) groups is 1. The van der Waals surface area contributed by atoms with Crippen molar-refractivity contribution < 1.29 is 14.2 Å². The van der Waals surface area contributed by atoms with Crippen LogP contribution in [0.2, 0.25) is 0 Å². The molecule has 0 unspecified atom stereocenters. The molecule has 0 aliphatic heterocycles. The van der Waals surface area contributed by atoms with Crippen LogP contribution >= 0.6 is 0 Å². The van der Waals surface area contributed by atoms with E-state index in [1.54, 1.807) is 29.8 Å². The molecule has 150 valence electrons. The van der Waals surface area contributed by atoms with Crippen LogP contribution in [0.4, 0.5) is 5.69 Å². The Kier molecular flexibility index (Phi) is 5.04. The smallest absolute Gasteiger partial charge is 0.274 e. The van der Waals surface area contributed by atoms with Crippen LogP contribution in [0.25, 0.3) is 16.9 Å². The molecule has 4 rings (SSSR count). The molecule has 10 heteroatoms. The van der Waals surface area contributed by atoms with E-state index in [1.807, 2.05) is 30.3 Å². The van der Waals surface area contributed by atoms with Crippen LogP contribution < -0.4 is 5.32 Å². The van der Waals surface area contributed by atoms with Gasteiger partial charge in [0.1, 0.15) is 5.69 Å². The predicted octanol–water partition coefficient (Wildman–Crippen LogP) is 3.07. The summed E-state index contributed by atoms with van der Waals surface area (Å²) in [6, 6.07) is 17.0. The Morgan fingerprint density at radius 1 is 1.17 bits per heavy atom. The first kappa shape index (κ1) is 19.0. The zero-order valence-corrected chi connectivity index (χ0v) is 15.8. The lowest BCUT2D eigenvalue weighted by Gasteiger charge is -2.03. The second kappa shape index (κ2) is 7.95. The predicted molar refractivity (Wildman–Crippen MR) is 106 cm³/mol. The topological polar surface area (TPSA) is 129 Å². The van der Waals surface area contributed by atoms with E-state index < -0.39 is 4.92 Å². The standard InChI is InChI=1S/C20H16N6O4/c1-13-19(22-24-25(13)15-5-3-2-4-6-15)20(27)21-12-17-11-18(23-30-17)14-7-9-16(10-8-14)26(28)29/h2-11H,12H2,1H3,(H,21,27). The molecule has 1 amide bonds. The fourth-order valence-electron chi connectivity index (χ4n) is 2.89. The monoisotopic (exact) mass is 404 g/mol. The number of amides is 1. The number of hydrogen-bond donors (Lipinski definition) is 1. The Labute approximate surface area is 170 Å². The Balaban J connectivity index is 1.43. The number of nitrogens with zero attached hydrogens (tertiary/aromatic N) is 5. The molecule has 0 spiro atoms. The first-order valence-electron chi connectivity index (χ1n) is 8.99. The van der Waals surface area contributed by atoms with Crippen LogP contribution in [0.1, 0.15) is 21.9 Å². The molecule has 30 heavy (non-hydrogen) atoms. The summed E-state index contributed by atoms with van der Waals surface area (Å²) in [7, 11) is 0. The Morgan fingerprint density at radius 2 is 1.90 bits per heavy atom. The number of aromatic nitrogens is 4. The molecule has 0 aliphatic rings. The van der Waals surface area contributed by atoms with Gasteiger partial charge in [-0.2, -0.15) is 0 Å². The fourth-order valence-corrected chi connectivity index (χ4v) is 2.89. The van der Waals surface area contributed by atoms with E-state index in [1.165, 1.54) is 12.1 Å². The highest BCUT2D eigenvalue weighted by Gasteiger charge is 2.18. The summed E-state index contributed by atoms with van der Waals surface area (Å²) < 4.78 is 6.84. The number of para-hydroxylation sites is 1. The quantitative estimate of drug-likeness (QED) is 0.386. The summed E-state index contributed by atoms with van der Waals surface area (Å²) in [5.41, 5.74) is 2.82. The molecule has 4 aromatic rings. The summed E-state index contributed by atoms with van der Waals surface area (Å²) in [4.78, 5) is 22.8. The van der Waals surface area contributed by atoms with Gasteiger partial charge in [-0.25, -0.2) is 4.68 Å². The van der Waals surface area contributed by atoms with E-state index in [4.69, 9.17) is 4.52 Å². The molecule has 0 saturated heterocycles. The lowest BCUT2D eigenvalue weighted by Crippen LogP contribution is -2.23. The molecule has 2 aromatic heterocycles.